The third kappa shape index (κ3) is 3.01. The minimum Gasteiger partial charge on any atom is -0.508 e. The van der Waals surface area contributed by atoms with Crippen LogP contribution in [0.3, 0.4) is 0 Å². The van der Waals surface area contributed by atoms with Crippen LogP contribution in [0.4, 0.5) is 0 Å². The number of carbonyl (C=O) groups is 1. The molecule has 0 radical (unpaired) electrons. The second-order valence-corrected chi connectivity index (χ2v) is 7.16. The molecule has 0 atom stereocenters. The molecule has 1 aromatic carbocycles. The molecule has 0 unspecified atom stereocenters. The van der Waals surface area contributed by atoms with E-state index in [0.717, 1.165) is 6.26 Å². The van der Waals surface area contributed by atoms with Gasteiger partial charge in [0, 0.05) is 18.4 Å². The van der Waals surface area contributed by atoms with E-state index in [1.54, 1.807) is 18.2 Å². The van der Waals surface area contributed by atoms with Crippen molar-refractivity contribution in [1.29, 1.82) is 0 Å². The largest absolute Gasteiger partial charge is 0.508 e. The van der Waals surface area contributed by atoms with Gasteiger partial charge in [0.1, 0.15) is 10.5 Å². The molecule has 0 aliphatic rings. The van der Waals surface area contributed by atoms with Gasteiger partial charge in [0.25, 0.3) is 0 Å². The number of para-hydroxylation sites is 1. The molecule has 1 amide bonds. The number of hydrogen-bond acceptors (Lipinski definition) is 4. The van der Waals surface area contributed by atoms with Crippen molar-refractivity contribution in [3.63, 3.8) is 0 Å². The van der Waals surface area contributed by atoms with Crippen LogP contribution in [0, 0.1) is 0 Å². The van der Waals surface area contributed by atoms with Gasteiger partial charge in [0.15, 0.2) is 9.84 Å². The summed E-state index contributed by atoms with van der Waals surface area (Å²) in [5.41, 5.74) is 0.537. The lowest BCUT2D eigenvalue weighted by molar-refractivity contribution is -0.123. The molecule has 0 saturated heterocycles. The molecule has 0 heterocycles. The Morgan fingerprint density at radius 1 is 1.33 bits per heavy atom. The van der Waals surface area contributed by atoms with Crippen LogP contribution in [0.1, 0.15) is 19.4 Å². The summed E-state index contributed by atoms with van der Waals surface area (Å²) in [4.78, 5) is 11.8. The van der Waals surface area contributed by atoms with E-state index in [4.69, 9.17) is 0 Å². The van der Waals surface area contributed by atoms with Gasteiger partial charge in [-0.05, 0) is 19.9 Å². The summed E-state index contributed by atoms with van der Waals surface area (Å²) < 4.78 is 21.4. The molecule has 100 valence electrons. The van der Waals surface area contributed by atoms with Gasteiger partial charge in [0.05, 0.1) is 0 Å². The molecule has 0 aliphatic carbocycles. The third-order valence-electron chi connectivity index (χ3n) is 2.90. The van der Waals surface area contributed by atoms with E-state index >= 15 is 0 Å². The van der Waals surface area contributed by atoms with Crippen LogP contribution in [0.2, 0.25) is 0 Å². The van der Waals surface area contributed by atoms with Gasteiger partial charge in [-0.3, -0.25) is 4.79 Å². The number of aromatic hydroxyl groups is 1. The molecule has 2 N–H and O–H groups in total. The maximum Gasteiger partial charge on any atom is 0.241 e. The number of phenolic OH excluding ortho intramolecular Hbond substituents is 1. The fourth-order valence-corrected chi connectivity index (χ4v) is 1.63. The summed E-state index contributed by atoms with van der Waals surface area (Å²) in [6, 6.07) is 6.55. The Morgan fingerprint density at radius 3 is 2.39 bits per heavy atom. The number of rotatable bonds is 4. The number of phenols is 1. The van der Waals surface area contributed by atoms with Gasteiger partial charge in [-0.2, -0.15) is 0 Å². The van der Waals surface area contributed by atoms with Crippen molar-refractivity contribution in [3.05, 3.63) is 29.8 Å². The van der Waals surface area contributed by atoms with Crippen LogP contribution >= 0.6 is 0 Å². The Morgan fingerprint density at radius 2 is 1.89 bits per heavy atom. The smallest absolute Gasteiger partial charge is 0.241 e. The van der Waals surface area contributed by atoms with Crippen molar-refractivity contribution in [3.8, 4) is 5.75 Å². The molecule has 0 aliphatic heterocycles. The first-order valence-electron chi connectivity index (χ1n) is 5.41. The third-order valence-corrected chi connectivity index (χ3v) is 4.94. The number of sulfone groups is 1. The molecule has 0 saturated carbocycles. The summed E-state index contributed by atoms with van der Waals surface area (Å²) in [6.07, 6.45) is 1.02. The minimum absolute atomic E-state index is 0.0648. The second-order valence-electron chi connectivity index (χ2n) is 4.59. The Balaban J connectivity index is 2.77. The summed E-state index contributed by atoms with van der Waals surface area (Å²) in [7, 11) is -3.49. The lowest BCUT2D eigenvalue weighted by atomic mass is 10.1. The lowest BCUT2D eigenvalue weighted by Crippen LogP contribution is -2.47. The summed E-state index contributed by atoms with van der Waals surface area (Å²) in [5, 5.41) is 12.0. The zero-order valence-electron chi connectivity index (χ0n) is 10.6. The van der Waals surface area contributed by atoms with Crippen molar-refractivity contribution in [2.75, 3.05) is 6.26 Å². The fraction of sp³-hybridized carbons (Fsp3) is 0.417. The number of nitrogens with one attached hydrogen (secondary N) is 1. The molecular weight excluding hydrogens is 254 g/mol. The Hall–Kier alpha value is -1.56. The predicted molar refractivity (Wildman–Crippen MR) is 68.9 cm³/mol. The molecule has 0 aromatic heterocycles. The lowest BCUT2D eigenvalue weighted by Gasteiger charge is -2.21. The predicted octanol–water partition coefficient (Wildman–Crippen LogP) is 0.832. The number of benzene rings is 1. The average Bonchev–Trinajstić information content (AvgIpc) is 2.26. The van der Waals surface area contributed by atoms with Crippen molar-refractivity contribution in [1.82, 2.24) is 5.32 Å². The van der Waals surface area contributed by atoms with E-state index in [-0.39, 0.29) is 12.3 Å². The highest BCUT2D eigenvalue weighted by Crippen LogP contribution is 2.18. The SMILES string of the molecule is CC(C)(C(=O)NCc1ccccc1O)S(C)(=O)=O. The first kappa shape index (κ1) is 14.5. The maximum atomic E-state index is 11.8. The van der Waals surface area contributed by atoms with Crippen LogP contribution in [0.5, 0.6) is 5.75 Å². The molecule has 5 nitrogen and oxygen atoms in total. The standard InChI is InChI=1S/C12H17NO4S/c1-12(2,18(3,16)17)11(15)13-8-9-6-4-5-7-10(9)14/h4-7,14H,8H2,1-3H3,(H,13,15). The van der Waals surface area contributed by atoms with E-state index in [0.29, 0.717) is 5.56 Å². The van der Waals surface area contributed by atoms with Gasteiger partial charge in [-0.1, -0.05) is 18.2 Å². The quantitative estimate of drug-likeness (QED) is 0.849. The first-order valence-corrected chi connectivity index (χ1v) is 7.30. The second kappa shape index (κ2) is 4.97. The molecule has 18 heavy (non-hydrogen) atoms. The van der Waals surface area contributed by atoms with Crippen molar-refractivity contribution in [2.24, 2.45) is 0 Å². The van der Waals surface area contributed by atoms with Crippen LogP contribution in [-0.4, -0.2) is 30.4 Å². The summed E-state index contributed by atoms with van der Waals surface area (Å²) in [5.74, 6) is -0.525. The monoisotopic (exact) mass is 271 g/mol. The van der Waals surface area contributed by atoms with E-state index in [1.807, 2.05) is 0 Å². The summed E-state index contributed by atoms with van der Waals surface area (Å²) >= 11 is 0. The van der Waals surface area contributed by atoms with Crippen molar-refractivity contribution < 1.29 is 18.3 Å². The Bertz CT molecular complexity index is 549. The highest BCUT2D eigenvalue weighted by Gasteiger charge is 2.38. The molecule has 1 aromatic rings. The average molecular weight is 271 g/mol. The fourth-order valence-electron chi connectivity index (χ4n) is 1.22. The molecule has 0 spiro atoms. The Kier molecular flexibility index (Phi) is 4.01. The van der Waals surface area contributed by atoms with Crippen LogP contribution < -0.4 is 5.32 Å². The topological polar surface area (TPSA) is 83.5 Å². The number of amides is 1. The maximum absolute atomic E-state index is 11.8. The van der Waals surface area contributed by atoms with Gasteiger partial charge < -0.3 is 10.4 Å². The molecule has 1 rings (SSSR count). The van der Waals surface area contributed by atoms with E-state index < -0.39 is 20.5 Å². The van der Waals surface area contributed by atoms with Gasteiger partial charge in [0.2, 0.25) is 5.91 Å². The van der Waals surface area contributed by atoms with Gasteiger partial charge in [-0.15, -0.1) is 0 Å². The molecule has 6 heteroatoms. The highest BCUT2D eigenvalue weighted by atomic mass is 32.2. The van der Waals surface area contributed by atoms with E-state index in [9.17, 15) is 18.3 Å². The zero-order chi connectivity index (χ0) is 14.0. The van der Waals surface area contributed by atoms with Crippen LogP contribution in [0.15, 0.2) is 24.3 Å². The van der Waals surface area contributed by atoms with Crippen LogP contribution in [0.25, 0.3) is 0 Å². The highest BCUT2D eigenvalue weighted by molar-refractivity contribution is 7.92. The van der Waals surface area contributed by atoms with E-state index in [2.05, 4.69) is 5.32 Å². The van der Waals surface area contributed by atoms with Crippen LogP contribution in [-0.2, 0) is 21.2 Å². The first-order chi connectivity index (χ1) is 8.16. The summed E-state index contributed by atoms with van der Waals surface area (Å²) in [6.45, 7) is 2.79. The van der Waals surface area contributed by atoms with Crippen molar-refractivity contribution >= 4 is 15.7 Å². The normalized spacial score (nSPS) is 12.2. The Labute approximate surface area is 107 Å². The number of carbonyl (C=O) groups excluding carboxylic acids is 1. The van der Waals surface area contributed by atoms with E-state index in [1.165, 1.54) is 19.9 Å². The van der Waals surface area contributed by atoms with Gasteiger partial charge in [-0.25, -0.2) is 8.42 Å². The minimum atomic E-state index is -3.49. The molecule has 0 fully saturated rings. The van der Waals surface area contributed by atoms with Gasteiger partial charge >= 0.3 is 0 Å². The zero-order valence-corrected chi connectivity index (χ0v) is 11.4. The van der Waals surface area contributed by atoms with Crippen molar-refractivity contribution in [2.45, 2.75) is 25.1 Å². The molecular formula is C12H17NO4S. The molecule has 0 bridgehead atoms. The number of hydrogen-bond donors (Lipinski definition) is 2.